The number of benzene rings is 3. The number of hydrogen-bond donors (Lipinski definition) is 1. The molecule has 0 aliphatic heterocycles. The van der Waals surface area contributed by atoms with Crippen LogP contribution in [0.15, 0.2) is 71.6 Å². The molecule has 0 bridgehead atoms. The van der Waals surface area contributed by atoms with Crippen molar-refractivity contribution in [3.8, 4) is 0 Å². The van der Waals surface area contributed by atoms with E-state index in [1.807, 2.05) is 32.0 Å². The van der Waals surface area contributed by atoms with E-state index in [0.29, 0.717) is 30.0 Å². The van der Waals surface area contributed by atoms with Crippen LogP contribution in [0.4, 0.5) is 11.4 Å². The number of hydrogen-bond acceptors (Lipinski definition) is 5. The standard InChI is InChI=1S/C27H33N3O5S2/c1-6-29(7-2)37(34,35)25-16-14-24(15-17-25)28-27(31)23-12-10-22(11-13-23)19-30(36(5,32)33)26-18-20(3)8-9-21(26)4/h8-18H,6-7,19H2,1-5H3,(H,28,31). The fraction of sp³-hybridized carbons (Fsp3) is 0.296. The molecular formula is C27H33N3O5S2. The monoisotopic (exact) mass is 543 g/mol. The Hall–Kier alpha value is -3.21. The molecule has 0 fully saturated rings. The summed E-state index contributed by atoms with van der Waals surface area (Å²) in [5.41, 5.74) is 4.01. The Bertz CT molecular complexity index is 1460. The average molecular weight is 544 g/mol. The molecule has 0 aliphatic carbocycles. The van der Waals surface area contributed by atoms with Gasteiger partial charge in [-0.2, -0.15) is 4.31 Å². The van der Waals surface area contributed by atoms with Crippen LogP contribution in [-0.4, -0.2) is 46.4 Å². The highest BCUT2D eigenvalue weighted by molar-refractivity contribution is 7.92. The molecule has 0 heterocycles. The Morgan fingerprint density at radius 2 is 1.43 bits per heavy atom. The largest absolute Gasteiger partial charge is 0.322 e. The lowest BCUT2D eigenvalue weighted by Gasteiger charge is -2.25. The molecule has 198 valence electrons. The number of sulfonamides is 2. The summed E-state index contributed by atoms with van der Waals surface area (Å²) in [5, 5.41) is 2.76. The van der Waals surface area contributed by atoms with E-state index in [-0.39, 0.29) is 17.3 Å². The third-order valence-corrected chi connectivity index (χ3v) is 9.22. The van der Waals surface area contributed by atoms with Crippen LogP contribution < -0.4 is 9.62 Å². The Balaban J connectivity index is 1.74. The van der Waals surface area contributed by atoms with Gasteiger partial charge in [0.1, 0.15) is 0 Å². The predicted octanol–water partition coefficient (Wildman–Crippen LogP) is 4.55. The van der Waals surface area contributed by atoms with Crippen molar-refractivity contribution in [2.24, 2.45) is 0 Å². The van der Waals surface area contributed by atoms with Crippen molar-refractivity contribution >= 4 is 37.3 Å². The van der Waals surface area contributed by atoms with Gasteiger partial charge in [-0.3, -0.25) is 9.10 Å². The van der Waals surface area contributed by atoms with Crippen LogP contribution in [-0.2, 0) is 26.6 Å². The van der Waals surface area contributed by atoms with Crippen molar-refractivity contribution in [2.45, 2.75) is 39.1 Å². The number of carbonyl (C=O) groups excluding carboxylic acids is 1. The summed E-state index contributed by atoms with van der Waals surface area (Å²) in [4.78, 5) is 12.9. The maximum atomic E-state index is 12.7. The summed E-state index contributed by atoms with van der Waals surface area (Å²) in [6.45, 7) is 8.22. The first-order valence-corrected chi connectivity index (χ1v) is 15.2. The number of carbonyl (C=O) groups is 1. The van der Waals surface area contributed by atoms with Gasteiger partial charge in [-0.1, -0.05) is 38.1 Å². The Morgan fingerprint density at radius 1 is 0.838 bits per heavy atom. The molecule has 37 heavy (non-hydrogen) atoms. The molecule has 1 N–H and O–H groups in total. The second-order valence-corrected chi connectivity index (χ2v) is 12.7. The van der Waals surface area contributed by atoms with Crippen LogP contribution in [0.2, 0.25) is 0 Å². The molecule has 3 aromatic rings. The number of amides is 1. The van der Waals surface area contributed by atoms with E-state index in [2.05, 4.69) is 5.32 Å². The smallest absolute Gasteiger partial charge is 0.255 e. The number of rotatable bonds is 10. The summed E-state index contributed by atoms with van der Waals surface area (Å²) in [5.74, 6) is -0.361. The topological polar surface area (TPSA) is 104 Å². The van der Waals surface area contributed by atoms with Gasteiger partial charge in [0.15, 0.2) is 0 Å². The molecule has 0 spiro atoms. The minimum Gasteiger partial charge on any atom is -0.322 e. The fourth-order valence-corrected chi connectivity index (χ4v) is 6.32. The number of nitrogens with zero attached hydrogens (tertiary/aromatic N) is 2. The van der Waals surface area contributed by atoms with Crippen molar-refractivity contribution in [3.05, 3.63) is 89.0 Å². The lowest BCUT2D eigenvalue weighted by molar-refractivity contribution is 0.102. The minimum absolute atomic E-state index is 0.132. The second-order valence-electron chi connectivity index (χ2n) is 8.82. The van der Waals surface area contributed by atoms with Crippen LogP contribution in [0.1, 0.15) is 40.9 Å². The van der Waals surface area contributed by atoms with Crippen LogP contribution >= 0.6 is 0 Å². The highest BCUT2D eigenvalue weighted by Crippen LogP contribution is 2.26. The number of aryl methyl sites for hydroxylation is 2. The molecule has 0 unspecified atom stereocenters. The molecule has 0 saturated heterocycles. The van der Waals surface area contributed by atoms with E-state index in [4.69, 9.17) is 0 Å². The minimum atomic E-state index is -3.58. The van der Waals surface area contributed by atoms with Crippen molar-refractivity contribution in [1.29, 1.82) is 0 Å². The lowest BCUT2D eigenvalue weighted by Crippen LogP contribution is -2.30. The van der Waals surface area contributed by atoms with Crippen molar-refractivity contribution in [2.75, 3.05) is 29.0 Å². The summed E-state index contributed by atoms with van der Waals surface area (Å²) in [6, 6.07) is 18.4. The van der Waals surface area contributed by atoms with Crippen molar-refractivity contribution in [1.82, 2.24) is 4.31 Å². The van der Waals surface area contributed by atoms with Gasteiger partial charge in [0.05, 0.1) is 23.4 Å². The van der Waals surface area contributed by atoms with E-state index >= 15 is 0 Å². The second kappa shape index (κ2) is 11.5. The van der Waals surface area contributed by atoms with Gasteiger partial charge in [0.2, 0.25) is 20.0 Å². The number of nitrogens with one attached hydrogen (secondary N) is 1. The van der Waals surface area contributed by atoms with Crippen molar-refractivity contribution in [3.63, 3.8) is 0 Å². The summed E-state index contributed by atoms with van der Waals surface area (Å²) < 4.78 is 53.1. The normalized spacial score (nSPS) is 11.9. The maximum Gasteiger partial charge on any atom is 0.255 e. The molecule has 0 aliphatic rings. The van der Waals surface area contributed by atoms with Gasteiger partial charge in [-0.25, -0.2) is 16.8 Å². The first kappa shape index (κ1) is 28.4. The molecule has 3 aromatic carbocycles. The predicted molar refractivity (Wildman–Crippen MR) is 148 cm³/mol. The molecule has 0 atom stereocenters. The van der Waals surface area contributed by atoms with Gasteiger partial charge in [-0.15, -0.1) is 0 Å². The Kier molecular flexibility index (Phi) is 8.78. The highest BCUT2D eigenvalue weighted by atomic mass is 32.2. The zero-order chi connectivity index (χ0) is 27.4. The van der Waals surface area contributed by atoms with Gasteiger partial charge in [0.25, 0.3) is 5.91 Å². The van der Waals surface area contributed by atoms with Gasteiger partial charge >= 0.3 is 0 Å². The summed E-state index contributed by atoms with van der Waals surface area (Å²) >= 11 is 0. The van der Waals surface area contributed by atoms with Gasteiger partial charge in [0, 0.05) is 24.3 Å². The maximum absolute atomic E-state index is 12.7. The van der Waals surface area contributed by atoms with Crippen LogP contribution in [0.5, 0.6) is 0 Å². The molecular weight excluding hydrogens is 510 g/mol. The fourth-order valence-electron chi connectivity index (χ4n) is 3.92. The lowest BCUT2D eigenvalue weighted by atomic mass is 10.1. The average Bonchev–Trinajstić information content (AvgIpc) is 2.85. The van der Waals surface area contributed by atoms with E-state index < -0.39 is 20.0 Å². The summed E-state index contributed by atoms with van der Waals surface area (Å²) in [6.07, 6.45) is 1.18. The van der Waals surface area contributed by atoms with Gasteiger partial charge < -0.3 is 5.32 Å². The van der Waals surface area contributed by atoms with E-state index in [1.165, 1.54) is 27.0 Å². The van der Waals surface area contributed by atoms with Crippen LogP contribution in [0, 0.1) is 13.8 Å². The molecule has 0 radical (unpaired) electrons. The van der Waals surface area contributed by atoms with E-state index in [9.17, 15) is 21.6 Å². The third kappa shape index (κ3) is 6.76. The Morgan fingerprint density at radius 3 is 1.97 bits per heavy atom. The molecule has 3 rings (SSSR count). The molecule has 1 amide bonds. The molecule has 10 heteroatoms. The molecule has 0 aromatic heterocycles. The number of anilines is 2. The SMILES string of the molecule is CCN(CC)S(=O)(=O)c1ccc(NC(=O)c2ccc(CN(c3cc(C)ccc3C)S(C)(=O)=O)cc2)cc1. The first-order chi connectivity index (χ1) is 17.4. The molecule has 8 nitrogen and oxygen atoms in total. The zero-order valence-corrected chi connectivity index (χ0v) is 23.4. The van der Waals surface area contributed by atoms with Crippen molar-refractivity contribution < 1.29 is 21.6 Å². The Labute approximate surface area is 220 Å². The highest BCUT2D eigenvalue weighted by Gasteiger charge is 2.22. The van der Waals surface area contributed by atoms with Gasteiger partial charge in [-0.05, 0) is 73.0 Å². The van der Waals surface area contributed by atoms with E-state index in [0.717, 1.165) is 16.7 Å². The third-order valence-electron chi connectivity index (χ3n) is 6.03. The zero-order valence-electron chi connectivity index (χ0n) is 21.7. The van der Waals surface area contributed by atoms with Crippen LogP contribution in [0.25, 0.3) is 0 Å². The molecule has 0 saturated carbocycles. The van der Waals surface area contributed by atoms with E-state index in [1.54, 1.807) is 50.2 Å². The van der Waals surface area contributed by atoms with Crippen LogP contribution in [0.3, 0.4) is 0 Å². The summed E-state index contributed by atoms with van der Waals surface area (Å²) in [7, 11) is -7.11. The first-order valence-electron chi connectivity index (χ1n) is 11.9. The quantitative estimate of drug-likeness (QED) is 0.404.